The maximum Gasteiger partial charge on any atom is 0.477 e. The summed E-state index contributed by atoms with van der Waals surface area (Å²) in [6, 6.07) is 16.4. The summed E-state index contributed by atoms with van der Waals surface area (Å²) in [5.74, 6) is 0.686. The van der Waals surface area contributed by atoms with Crippen LogP contribution in [0.5, 0.6) is 5.75 Å². The van der Waals surface area contributed by atoms with Crippen molar-refractivity contribution < 1.29 is 27.4 Å². The van der Waals surface area contributed by atoms with Gasteiger partial charge in [-0.2, -0.15) is 0 Å². The summed E-state index contributed by atoms with van der Waals surface area (Å²) in [5.41, 5.74) is 3.51. The van der Waals surface area contributed by atoms with Gasteiger partial charge in [0.25, 0.3) is 0 Å². The van der Waals surface area contributed by atoms with Gasteiger partial charge in [0.2, 0.25) is 0 Å². The fraction of sp³-hybridized carbons (Fsp3) is 0.500. The van der Waals surface area contributed by atoms with Crippen LogP contribution in [-0.2, 0) is 31.1 Å². The van der Waals surface area contributed by atoms with E-state index in [1.807, 2.05) is 44.3 Å². The summed E-state index contributed by atoms with van der Waals surface area (Å²) in [6.45, 7) is 6.47. The normalized spacial score (nSPS) is 12.3. The van der Waals surface area contributed by atoms with Crippen molar-refractivity contribution >= 4 is 18.7 Å². The average Bonchev–Trinajstić information content (AvgIpc) is 3.28. The molecular formula is C28H42N2O5P+. The second-order valence-electron chi connectivity index (χ2n) is 9.76. The van der Waals surface area contributed by atoms with Crippen molar-refractivity contribution in [1.82, 2.24) is 4.98 Å². The molecule has 0 saturated heterocycles. The molecule has 0 bridgehead atoms. The highest BCUT2D eigenvalue weighted by Crippen LogP contribution is 2.49. The highest BCUT2D eigenvalue weighted by atomic mass is 31.2. The molecule has 36 heavy (non-hydrogen) atoms. The number of unbranched alkanes of at least 4 members (excludes halogenated alkanes) is 2. The summed E-state index contributed by atoms with van der Waals surface area (Å²) in [6.07, 6.45) is 6.38. The molecule has 1 aromatic heterocycles. The van der Waals surface area contributed by atoms with Gasteiger partial charge in [-0.15, -0.1) is 0 Å². The molecule has 1 N–H and O–H groups in total. The van der Waals surface area contributed by atoms with Gasteiger partial charge in [0, 0.05) is 29.1 Å². The van der Waals surface area contributed by atoms with Crippen molar-refractivity contribution in [3.05, 3.63) is 65.9 Å². The van der Waals surface area contributed by atoms with Crippen molar-refractivity contribution in [1.29, 1.82) is 0 Å². The van der Waals surface area contributed by atoms with Crippen LogP contribution in [0.25, 0.3) is 10.9 Å². The van der Waals surface area contributed by atoms with Crippen molar-refractivity contribution in [2.24, 2.45) is 0 Å². The number of hydrogen-bond acceptors (Lipinski definition) is 5. The number of nitrogens with one attached hydrogen (secondary N) is 1. The fourth-order valence-electron chi connectivity index (χ4n) is 4.02. The van der Waals surface area contributed by atoms with E-state index in [9.17, 15) is 4.57 Å². The van der Waals surface area contributed by atoms with Crippen LogP contribution in [0.1, 0.15) is 50.7 Å². The smallest absolute Gasteiger partial charge is 0.466 e. The van der Waals surface area contributed by atoms with Crippen molar-refractivity contribution in [2.75, 3.05) is 40.6 Å². The van der Waals surface area contributed by atoms with Crippen molar-refractivity contribution in [3.8, 4) is 5.75 Å². The highest BCUT2D eigenvalue weighted by molar-refractivity contribution is 7.48. The third kappa shape index (κ3) is 8.75. The Balaban J connectivity index is 1.64. The van der Waals surface area contributed by atoms with Gasteiger partial charge in [-0.3, -0.25) is 9.05 Å². The van der Waals surface area contributed by atoms with Crippen LogP contribution in [0, 0.1) is 0 Å². The minimum absolute atomic E-state index is 0.213. The lowest BCUT2D eigenvalue weighted by Gasteiger charge is -2.30. The Kier molecular flexibility index (Phi) is 11.0. The Labute approximate surface area is 215 Å². The lowest BCUT2D eigenvalue weighted by molar-refractivity contribution is -0.903. The first-order valence-electron chi connectivity index (χ1n) is 13.0. The quantitative estimate of drug-likeness (QED) is 0.0897. The monoisotopic (exact) mass is 517 g/mol. The van der Waals surface area contributed by atoms with E-state index >= 15 is 0 Å². The number of rotatable bonds is 17. The largest absolute Gasteiger partial charge is 0.477 e. The van der Waals surface area contributed by atoms with Gasteiger partial charge >= 0.3 is 7.82 Å². The Bertz CT molecular complexity index is 1090. The number of aromatic nitrogens is 1. The van der Waals surface area contributed by atoms with Crippen molar-refractivity contribution in [3.63, 3.8) is 0 Å². The van der Waals surface area contributed by atoms with Crippen LogP contribution in [0.4, 0.5) is 0 Å². The van der Waals surface area contributed by atoms with Crippen LogP contribution in [-0.4, -0.2) is 50.1 Å². The number of ether oxygens (including phenoxy) is 1. The number of likely N-dealkylation sites (N-methyl/N-ethyl adjacent to an activating group) is 1. The van der Waals surface area contributed by atoms with Gasteiger partial charge in [-0.25, -0.2) is 9.09 Å². The van der Waals surface area contributed by atoms with E-state index < -0.39 is 7.82 Å². The molecular weight excluding hydrogens is 475 g/mol. The minimum atomic E-state index is -3.68. The molecule has 3 aromatic rings. The standard InChI is InChI=1S/C28H42N2O5P/c1-5-7-19-33-36(31,34-20-8-6-2)35-23-32-27-16-12-15-26-28(27)25(21-29-26)17-18-30(3,4)22-24-13-10-9-11-14-24/h9-16,21,29H,5-8,17-20,22-23H2,1-4H3/q+1. The molecule has 1 heterocycles. The predicted octanol–water partition coefficient (Wildman–Crippen LogP) is 7.08. The molecule has 3 rings (SSSR count). The summed E-state index contributed by atoms with van der Waals surface area (Å²) >= 11 is 0. The molecule has 0 unspecified atom stereocenters. The van der Waals surface area contributed by atoms with E-state index in [4.69, 9.17) is 18.3 Å². The van der Waals surface area contributed by atoms with Crippen LogP contribution < -0.4 is 4.74 Å². The minimum Gasteiger partial charge on any atom is -0.466 e. The molecule has 7 nitrogen and oxygen atoms in total. The van der Waals surface area contributed by atoms with E-state index in [2.05, 4.69) is 43.3 Å². The Morgan fingerprint density at radius 3 is 2.25 bits per heavy atom. The van der Waals surface area contributed by atoms with Crippen LogP contribution in [0.2, 0.25) is 0 Å². The first kappa shape index (κ1) is 28.4. The Morgan fingerprint density at radius 2 is 1.58 bits per heavy atom. The van der Waals surface area contributed by atoms with Crippen LogP contribution >= 0.6 is 7.82 Å². The SMILES string of the molecule is CCCCOP(=O)(OCCCC)OCOc1cccc2[nH]cc(CC[N+](C)(C)Cc3ccccc3)c12. The van der Waals surface area contributed by atoms with Gasteiger partial charge in [0.05, 0.1) is 33.9 Å². The summed E-state index contributed by atoms with van der Waals surface area (Å²) in [7, 11) is 0.827. The van der Waals surface area contributed by atoms with Gasteiger partial charge in [0.15, 0.2) is 6.79 Å². The molecule has 2 aromatic carbocycles. The summed E-state index contributed by atoms with van der Waals surface area (Å²) in [4.78, 5) is 3.36. The molecule has 0 aliphatic heterocycles. The lowest BCUT2D eigenvalue weighted by Crippen LogP contribution is -2.40. The third-order valence-corrected chi connectivity index (χ3v) is 7.53. The van der Waals surface area contributed by atoms with Crippen molar-refractivity contribution in [2.45, 2.75) is 52.5 Å². The lowest BCUT2D eigenvalue weighted by atomic mass is 10.1. The van der Waals surface area contributed by atoms with Crippen LogP contribution in [0.15, 0.2) is 54.7 Å². The summed E-state index contributed by atoms with van der Waals surface area (Å²) in [5, 5.41) is 1.02. The molecule has 0 spiro atoms. The van der Waals surface area contributed by atoms with Gasteiger partial charge in [-0.05, 0) is 30.5 Å². The average molecular weight is 518 g/mol. The van der Waals surface area contributed by atoms with E-state index in [1.165, 1.54) is 11.1 Å². The molecule has 0 atom stereocenters. The second-order valence-corrected chi connectivity index (χ2v) is 11.4. The number of benzene rings is 2. The Hall–Kier alpha value is -2.15. The molecule has 0 saturated carbocycles. The second kappa shape index (κ2) is 14.0. The molecule has 0 aliphatic carbocycles. The van der Waals surface area contributed by atoms with E-state index in [1.54, 1.807) is 0 Å². The molecule has 198 valence electrons. The molecule has 0 aliphatic rings. The maximum atomic E-state index is 13.0. The molecule has 0 fully saturated rings. The van der Waals surface area contributed by atoms with E-state index in [0.717, 1.165) is 60.6 Å². The number of aromatic amines is 1. The van der Waals surface area contributed by atoms with E-state index in [0.29, 0.717) is 19.0 Å². The number of phosphoric ester groups is 1. The summed E-state index contributed by atoms with van der Waals surface area (Å²) < 4.78 is 36.4. The van der Waals surface area contributed by atoms with Gasteiger partial charge in [-0.1, -0.05) is 63.1 Å². The highest BCUT2D eigenvalue weighted by Gasteiger charge is 2.27. The van der Waals surface area contributed by atoms with Crippen LogP contribution in [0.3, 0.4) is 0 Å². The Morgan fingerprint density at radius 1 is 0.889 bits per heavy atom. The predicted molar refractivity (Wildman–Crippen MR) is 145 cm³/mol. The fourth-order valence-corrected chi connectivity index (χ4v) is 5.14. The van der Waals surface area contributed by atoms with E-state index in [-0.39, 0.29) is 6.79 Å². The maximum absolute atomic E-state index is 13.0. The molecule has 0 amide bonds. The zero-order valence-corrected chi connectivity index (χ0v) is 23.1. The number of fused-ring (bicyclic) bond motifs is 1. The number of phosphoric acid groups is 1. The molecule has 8 heteroatoms. The number of hydrogen-bond donors (Lipinski definition) is 1. The van der Waals surface area contributed by atoms with Gasteiger partial charge in [0.1, 0.15) is 12.3 Å². The third-order valence-electron chi connectivity index (χ3n) is 6.11. The number of quaternary nitrogens is 1. The zero-order valence-electron chi connectivity index (χ0n) is 22.2. The topological polar surface area (TPSA) is 69.8 Å². The number of H-pyrrole nitrogens is 1. The number of nitrogens with zero attached hydrogens (tertiary/aromatic N) is 1. The van der Waals surface area contributed by atoms with Gasteiger partial charge < -0.3 is 14.2 Å². The first-order chi connectivity index (χ1) is 17.4. The zero-order chi connectivity index (χ0) is 25.9. The molecule has 0 radical (unpaired) electrons. The first-order valence-corrected chi connectivity index (χ1v) is 14.4.